The summed E-state index contributed by atoms with van der Waals surface area (Å²) in [6.07, 6.45) is 11.3. The molecule has 0 heterocycles. The summed E-state index contributed by atoms with van der Waals surface area (Å²) in [6, 6.07) is 0. The van der Waals surface area contributed by atoms with Crippen molar-refractivity contribution in [2.75, 3.05) is 13.2 Å². The van der Waals surface area contributed by atoms with Crippen LogP contribution in [0.5, 0.6) is 0 Å². The van der Waals surface area contributed by atoms with Crippen LogP contribution in [0.3, 0.4) is 0 Å². The second kappa shape index (κ2) is 19.5. The normalized spacial score (nSPS) is 12.1. The molecule has 0 aromatic heterocycles. The van der Waals surface area contributed by atoms with E-state index in [4.69, 9.17) is 9.47 Å². The summed E-state index contributed by atoms with van der Waals surface area (Å²) >= 11 is 0. The zero-order valence-electron chi connectivity index (χ0n) is 17.8. The smallest absolute Gasteiger partial charge is 0.327 e. The Hall–Kier alpha value is -0.410. The van der Waals surface area contributed by atoms with Crippen molar-refractivity contribution in [1.82, 2.24) is 0 Å². The molecule has 0 aliphatic rings. The molecule has 29 heavy (non-hydrogen) atoms. The Kier molecular flexibility index (Phi) is 20.7. The fourth-order valence-electron chi connectivity index (χ4n) is 2.74. The van der Waals surface area contributed by atoms with Gasteiger partial charge in [0.2, 0.25) is 0 Å². The van der Waals surface area contributed by atoms with Gasteiger partial charge in [0.25, 0.3) is 10.1 Å². The number of hydrogen-bond donors (Lipinski definition) is 1. The van der Waals surface area contributed by atoms with Gasteiger partial charge in [0.15, 0.2) is 5.25 Å². The molecule has 1 unspecified atom stereocenters. The van der Waals surface area contributed by atoms with E-state index < -0.39 is 33.7 Å². The number of hydrogen-bond acceptors (Lipinski definition) is 6. The minimum absolute atomic E-state index is 0. The molecule has 0 aromatic rings. The molecule has 1 radical (unpaired) electrons. The largest absolute Gasteiger partial charge is 0.466 e. The molecule has 0 bridgehead atoms. The Morgan fingerprint density at radius 2 is 1.17 bits per heavy atom. The summed E-state index contributed by atoms with van der Waals surface area (Å²) < 4.78 is 42.0. The van der Waals surface area contributed by atoms with Crippen molar-refractivity contribution in [3.63, 3.8) is 0 Å². The fourth-order valence-corrected chi connectivity index (χ4v) is 3.39. The molecule has 7 nitrogen and oxygen atoms in total. The fraction of sp³-hybridized carbons (Fsp3) is 0.900. The van der Waals surface area contributed by atoms with E-state index in [0.29, 0.717) is 12.8 Å². The molecule has 0 rings (SSSR count). The first-order valence-electron chi connectivity index (χ1n) is 10.6. The molecule has 0 fully saturated rings. The zero-order valence-corrected chi connectivity index (χ0v) is 20.1. The van der Waals surface area contributed by atoms with Gasteiger partial charge in [0.05, 0.1) is 19.6 Å². The standard InChI is InChI=1S/C20H38O7S.Ag/c1-3-5-7-9-11-13-15-26-19(21)17-18(28(23,24)25)20(22)27-16-14-12-10-8-6-4-2;/h18H,3-17H2,1-2H3,(H,23,24,25);. The SMILES string of the molecule is CCCCCCCCOC(=O)CC(C(=O)OCCCCCCCC)S(=O)(=O)O.[Ag]. The van der Waals surface area contributed by atoms with Gasteiger partial charge in [0, 0.05) is 22.4 Å². The number of carbonyl (C=O) groups is 2. The third-order valence-corrected chi connectivity index (χ3v) is 5.56. The molecule has 177 valence electrons. The number of esters is 2. The van der Waals surface area contributed by atoms with Gasteiger partial charge in [-0.3, -0.25) is 14.1 Å². The number of rotatable bonds is 18. The van der Waals surface area contributed by atoms with Gasteiger partial charge in [-0.05, 0) is 12.8 Å². The molecule has 0 saturated carbocycles. The van der Waals surface area contributed by atoms with Crippen LogP contribution >= 0.6 is 0 Å². The third-order valence-electron chi connectivity index (χ3n) is 4.48. The van der Waals surface area contributed by atoms with Crippen molar-refractivity contribution < 1.29 is 54.4 Å². The van der Waals surface area contributed by atoms with E-state index in [1.807, 2.05) is 0 Å². The predicted molar refractivity (Wildman–Crippen MR) is 109 cm³/mol. The van der Waals surface area contributed by atoms with Crippen molar-refractivity contribution in [3.05, 3.63) is 0 Å². The maximum Gasteiger partial charge on any atom is 0.327 e. The number of unbranched alkanes of at least 4 members (excludes halogenated alkanes) is 10. The predicted octanol–water partition coefficient (Wildman–Crippen LogP) is 4.44. The van der Waals surface area contributed by atoms with Crippen LogP contribution in [0.2, 0.25) is 0 Å². The Labute approximate surface area is 191 Å². The molecule has 0 amide bonds. The van der Waals surface area contributed by atoms with E-state index in [2.05, 4.69) is 13.8 Å². The Balaban J connectivity index is 0. The Morgan fingerprint density at radius 1 is 0.759 bits per heavy atom. The van der Waals surface area contributed by atoms with Gasteiger partial charge in [0.1, 0.15) is 0 Å². The molecule has 1 N–H and O–H groups in total. The van der Waals surface area contributed by atoms with E-state index >= 15 is 0 Å². The van der Waals surface area contributed by atoms with Crippen molar-refractivity contribution in [1.29, 1.82) is 0 Å². The topological polar surface area (TPSA) is 107 Å². The molecule has 0 aliphatic heterocycles. The quantitative estimate of drug-likeness (QED) is 0.121. The van der Waals surface area contributed by atoms with Gasteiger partial charge < -0.3 is 9.47 Å². The van der Waals surface area contributed by atoms with Crippen LogP contribution in [0.4, 0.5) is 0 Å². The molecule has 1 atom stereocenters. The van der Waals surface area contributed by atoms with E-state index in [1.165, 1.54) is 6.42 Å². The first-order valence-corrected chi connectivity index (χ1v) is 12.1. The van der Waals surface area contributed by atoms with Crippen LogP contribution in [0, 0.1) is 0 Å². The summed E-state index contributed by atoms with van der Waals surface area (Å²) in [5.41, 5.74) is 0. The van der Waals surface area contributed by atoms with Crippen molar-refractivity contribution in [3.8, 4) is 0 Å². The van der Waals surface area contributed by atoms with Crippen molar-refractivity contribution >= 4 is 22.1 Å². The molecule has 0 aliphatic carbocycles. The summed E-state index contributed by atoms with van der Waals surface area (Å²) in [4.78, 5) is 23.8. The average Bonchev–Trinajstić information content (AvgIpc) is 2.63. The molecular formula is C20H38AgO7S. The van der Waals surface area contributed by atoms with Gasteiger partial charge >= 0.3 is 11.9 Å². The summed E-state index contributed by atoms with van der Waals surface area (Å²) in [5, 5.41) is -1.93. The van der Waals surface area contributed by atoms with Crippen LogP contribution in [-0.4, -0.2) is 43.4 Å². The van der Waals surface area contributed by atoms with Gasteiger partial charge in [-0.25, -0.2) is 0 Å². The number of ether oxygens (including phenoxy) is 2. The van der Waals surface area contributed by atoms with Crippen LogP contribution < -0.4 is 0 Å². The maximum atomic E-state index is 12.0. The number of carbonyl (C=O) groups excluding carboxylic acids is 2. The van der Waals surface area contributed by atoms with Crippen molar-refractivity contribution in [2.45, 2.75) is 103 Å². The van der Waals surface area contributed by atoms with E-state index in [0.717, 1.165) is 57.8 Å². The maximum absolute atomic E-state index is 12.0. The van der Waals surface area contributed by atoms with Crippen LogP contribution in [-0.2, 0) is 51.6 Å². The summed E-state index contributed by atoms with van der Waals surface area (Å²) in [7, 11) is -4.73. The Morgan fingerprint density at radius 3 is 1.62 bits per heavy atom. The molecule has 9 heteroatoms. The van der Waals surface area contributed by atoms with E-state index in [-0.39, 0.29) is 35.6 Å². The first kappa shape index (κ1) is 30.8. The van der Waals surface area contributed by atoms with E-state index in [9.17, 15) is 22.6 Å². The second-order valence-electron chi connectivity index (χ2n) is 7.13. The first-order chi connectivity index (χ1) is 13.3. The van der Waals surface area contributed by atoms with Gasteiger partial charge in [-0.1, -0.05) is 78.1 Å². The average molecular weight is 530 g/mol. The Bertz CT molecular complexity index is 523. The van der Waals surface area contributed by atoms with E-state index in [1.54, 1.807) is 0 Å². The molecule has 0 saturated heterocycles. The molecule has 0 spiro atoms. The van der Waals surface area contributed by atoms with Gasteiger partial charge in [-0.2, -0.15) is 8.42 Å². The van der Waals surface area contributed by atoms with Crippen LogP contribution in [0.15, 0.2) is 0 Å². The second-order valence-corrected chi connectivity index (χ2v) is 8.73. The zero-order chi connectivity index (χ0) is 21.3. The van der Waals surface area contributed by atoms with Crippen LogP contribution in [0.1, 0.15) is 97.3 Å². The minimum Gasteiger partial charge on any atom is -0.466 e. The molecule has 0 aromatic carbocycles. The summed E-state index contributed by atoms with van der Waals surface area (Å²) in [5.74, 6) is -1.93. The van der Waals surface area contributed by atoms with Crippen molar-refractivity contribution in [2.24, 2.45) is 0 Å². The van der Waals surface area contributed by atoms with Crippen LogP contribution in [0.25, 0.3) is 0 Å². The minimum atomic E-state index is -4.73. The monoisotopic (exact) mass is 529 g/mol. The third kappa shape index (κ3) is 18.1. The summed E-state index contributed by atoms with van der Waals surface area (Å²) in [6.45, 7) is 4.50. The van der Waals surface area contributed by atoms with Gasteiger partial charge in [-0.15, -0.1) is 0 Å². The molecular weight excluding hydrogens is 492 g/mol.